The van der Waals surface area contributed by atoms with Gasteiger partial charge in [-0.2, -0.15) is 0 Å². The lowest BCUT2D eigenvalue weighted by molar-refractivity contribution is 0.109. The maximum atomic E-state index is 5.73. The first kappa shape index (κ1) is 11.1. The summed E-state index contributed by atoms with van der Waals surface area (Å²) < 4.78 is 6.37. The molecular formula is C13H13BrN2O. The third-order valence-electron chi connectivity index (χ3n) is 3.17. The first-order valence-corrected chi connectivity index (χ1v) is 6.59. The molecule has 2 aromatic rings. The lowest BCUT2D eigenvalue weighted by Crippen LogP contribution is -2.03. The van der Waals surface area contributed by atoms with Gasteiger partial charge in [0, 0.05) is 12.0 Å². The zero-order valence-electron chi connectivity index (χ0n) is 9.61. The number of hydrogen-bond acceptors (Lipinski definition) is 3. The average molecular weight is 293 g/mol. The summed E-state index contributed by atoms with van der Waals surface area (Å²) in [5, 5.41) is 1.11. The molecule has 0 bridgehead atoms. The van der Waals surface area contributed by atoms with Crippen molar-refractivity contribution in [2.45, 2.75) is 25.9 Å². The fraction of sp³-hybridized carbons (Fsp3) is 0.385. The van der Waals surface area contributed by atoms with E-state index in [-0.39, 0.29) is 6.10 Å². The van der Waals surface area contributed by atoms with Crippen LogP contribution in [0.2, 0.25) is 0 Å². The van der Waals surface area contributed by atoms with Crippen molar-refractivity contribution in [1.82, 2.24) is 9.97 Å². The Kier molecular flexibility index (Phi) is 2.84. The maximum Gasteiger partial charge on any atom is 0.197 e. The number of fused-ring (bicyclic) bond motifs is 1. The quantitative estimate of drug-likeness (QED) is 0.754. The van der Waals surface area contributed by atoms with E-state index in [2.05, 4.69) is 45.0 Å². The zero-order chi connectivity index (χ0) is 11.8. The van der Waals surface area contributed by atoms with Crippen molar-refractivity contribution >= 4 is 26.8 Å². The summed E-state index contributed by atoms with van der Waals surface area (Å²) in [4.78, 5) is 8.96. The van der Waals surface area contributed by atoms with Crippen LogP contribution in [0, 0.1) is 6.92 Å². The van der Waals surface area contributed by atoms with Crippen LogP contribution in [0.5, 0.6) is 0 Å². The van der Waals surface area contributed by atoms with Gasteiger partial charge in [0.1, 0.15) is 6.10 Å². The summed E-state index contributed by atoms with van der Waals surface area (Å²) in [5.74, 6) is 0. The first-order valence-electron chi connectivity index (χ1n) is 5.80. The highest BCUT2D eigenvalue weighted by atomic mass is 79.9. The molecule has 2 heterocycles. The van der Waals surface area contributed by atoms with Gasteiger partial charge in [-0.3, -0.25) is 0 Å². The highest BCUT2D eigenvalue weighted by molar-refractivity contribution is 9.10. The summed E-state index contributed by atoms with van der Waals surface area (Å²) in [6.45, 7) is 2.90. The Hall–Kier alpha value is -1.000. The lowest BCUT2D eigenvalue weighted by Gasteiger charge is -2.12. The molecule has 1 aliphatic heterocycles. The minimum atomic E-state index is 0.124. The van der Waals surface area contributed by atoms with Crippen LogP contribution >= 0.6 is 15.9 Å². The summed E-state index contributed by atoms with van der Waals surface area (Å²) in [6.07, 6.45) is 2.28. The SMILES string of the molecule is Cc1cccc2c(C3CCCO3)nc(Br)nc12. The topological polar surface area (TPSA) is 35.0 Å². The van der Waals surface area contributed by atoms with E-state index in [0.29, 0.717) is 4.73 Å². The highest BCUT2D eigenvalue weighted by Crippen LogP contribution is 2.33. The molecule has 1 saturated heterocycles. The van der Waals surface area contributed by atoms with Crippen LogP contribution in [0.25, 0.3) is 10.9 Å². The van der Waals surface area contributed by atoms with Gasteiger partial charge in [0.25, 0.3) is 0 Å². The van der Waals surface area contributed by atoms with Crippen LogP contribution < -0.4 is 0 Å². The van der Waals surface area contributed by atoms with Gasteiger partial charge in [-0.25, -0.2) is 9.97 Å². The first-order chi connectivity index (χ1) is 8.25. The van der Waals surface area contributed by atoms with Crippen molar-refractivity contribution in [3.05, 3.63) is 34.2 Å². The molecule has 1 aromatic heterocycles. The molecule has 4 heteroatoms. The molecule has 1 aromatic carbocycles. The largest absolute Gasteiger partial charge is 0.372 e. The summed E-state index contributed by atoms with van der Waals surface area (Å²) >= 11 is 3.39. The monoisotopic (exact) mass is 292 g/mol. The van der Waals surface area contributed by atoms with Gasteiger partial charge in [-0.15, -0.1) is 0 Å². The van der Waals surface area contributed by atoms with Gasteiger partial charge in [0.15, 0.2) is 4.73 Å². The number of hydrogen-bond donors (Lipinski definition) is 0. The number of aromatic nitrogens is 2. The Balaban J connectivity index is 2.25. The van der Waals surface area contributed by atoms with Gasteiger partial charge >= 0.3 is 0 Å². The summed E-state index contributed by atoms with van der Waals surface area (Å²) in [7, 11) is 0. The molecular weight excluding hydrogens is 280 g/mol. The Morgan fingerprint density at radius 2 is 2.24 bits per heavy atom. The molecule has 0 amide bonds. The predicted molar refractivity (Wildman–Crippen MR) is 69.9 cm³/mol. The molecule has 0 aliphatic carbocycles. The van der Waals surface area contributed by atoms with Crippen molar-refractivity contribution in [3.63, 3.8) is 0 Å². The minimum absolute atomic E-state index is 0.124. The summed E-state index contributed by atoms with van der Waals surface area (Å²) in [5.41, 5.74) is 3.20. The van der Waals surface area contributed by atoms with Crippen molar-refractivity contribution in [2.24, 2.45) is 0 Å². The van der Waals surface area contributed by atoms with E-state index in [1.165, 1.54) is 5.56 Å². The van der Waals surface area contributed by atoms with Gasteiger partial charge < -0.3 is 4.74 Å². The summed E-state index contributed by atoms with van der Waals surface area (Å²) in [6, 6.07) is 6.19. The average Bonchev–Trinajstić information content (AvgIpc) is 2.83. The Morgan fingerprint density at radius 3 is 3.00 bits per heavy atom. The van der Waals surface area contributed by atoms with Crippen LogP contribution in [0.15, 0.2) is 22.9 Å². The van der Waals surface area contributed by atoms with Crippen LogP contribution in [0.3, 0.4) is 0 Å². The lowest BCUT2D eigenvalue weighted by atomic mass is 10.1. The highest BCUT2D eigenvalue weighted by Gasteiger charge is 2.22. The third-order valence-corrected chi connectivity index (χ3v) is 3.52. The zero-order valence-corrected chi connectivity index (χ0v) is 11.2. The van der Waals surface area contributed by atoms with E-state index >= 15 is 0 Å². The van der Waals surface area contributed by atoms with E-state index in [4.69, 9.17) is 4.74 Å². The molecule has 17 heavy (non-hydrogen) atoms. The van der Waals surface area contributed by atoms with Crippen LogP contribution in [-0.4, -0.2) is 16.6 Å². The fourth-order valence-electron chi connectivity index (χ4n) is 2.33. The van der Waals surface area contributed by atoms with E-state index < -0.39 is 0 Å². The molecule has 0 radical (unpaired) electrons. The van der Waals surface area contributed by atoms with E-state index in [0.717, 1.165) is 36.0 Å². The smallest absolute Gasteiger partial charge is 0.197 e. The molecule has 0 spiro atoms. The molecule has 1 aliphatic rings. The van der Waals surface area contributed by atoms with Crippen LogP contribution in [0.4, 0.5) is 0 Å². The number of aryl methyl sites for hydroxylation is 1. The molecule has 88 valence electrons. The van der Waals surface area contributed by atoms with E-state index in [9.17, 15) is 0 Å². The normalized spacial score (nSPS) is 20.0. The molecule has 3 nitrogen and oxygen atoms in total. The standard InChI is InChI=1S/C13H13BrN2O/c1-8-4-2-5-9-11(8)15-13(14)16-12(9)10-6-3-7-17-10/h2,4-5,10H,3,6-7H2,1H3. The number of halogens is 1. The van der Waals surface area contributed by atoms with Crippen LogP contribution in [-0.2, 0) is 4.74 Å². The molecule has 1 unspecified atom stereocenters. The van der Waals surface area contributed by atoms with Crippen molar-refractivity contribution < 1.29 is 4.74 Å². The number of para-hydroxylation sites is 1. The Labute approximate surface area is 108 Å². The van der Waals surface area contributed by atoms with Crippen LogP contribution in [0.1, 0.15) is 30.2 Å². The number of nitrogens with zero attached hydrogens (tertiary/aromatic N) is 2. The van der Waals surface area contributed by atoms with Crippen molar-refractivity contribution in [3.8, 4) is 0 Å². The number of benzene rings is 1. The minimum Gasteiger partial charge on any atom is -0.372 e. The molecule has 3 rings (SSSR count). The Morgan fingerprint density at radius 1 is 1.35 bits per heavy atom. The number of rotatable bonds is 1. The number of ether oxygens (including phenoxy) is 1. The maximum absolute atomic E-state index is 5.73. The predicted octanol–water partition coefficient (Wildman–Crippen LogP) is 3.55. The Bertz CT molecular complexity index is 565. The van der Waals surface area contributed by atoms with Gasteiger partial charge in [0.05, 0.1) is 11.2 Å². The molecule has 1 fully saturated rings. The van der Waals surface area contributed by atoms with Gasteiger partial charge in [-0.05, 0) is 41.3 Å². The van der Waals surface area contributed by atoms with Gasteiger partial charge in [-0.1, -0.05) is 18.2 Å². The second kappa shape index (κ2) is 4.35. The molecule has 1 atom stereocenters. The molecule has 0 saturated carbocycles. The third kappa shape index (κ3) is 1.96. The fourth-order valence-corrected chi connectivity index (χ4v) is 2.70. The van der Waals surface area contributed by atoms with E-state index in [1.54, 1.807) is 0 Å². The second-order valence-corrected chi connectivity index (χ2v) is 5.06. The van der Waals surface area contributed by atoms with Crippen molar-refractivity contribution in [2.75, 3.05) is 6.61 Å². The van der Waals surface area contributed by atoms with Gasteiger partial charge in [0.2, 0.25) is 0 Å². The van der Waals surface area contributed by atoms with Crippen molar-refractivity contribution in [1.29, 1.82) is 0 Å². The molecule has 0 N–H and O–H groups in total. The second-order valence-electron chi connectivity index (χ2n) is 4.35. The van der Waals surface area contributed by atoms with E-state index in [1.807, 2.05) is 6.07 Å².